The van der Waals surface area contributed by atoms with Gasteiger partial charge in [-0.15, -0.1) is 22.9 Å². The highest BCUT2D eigenvalue weighted by Gasteiger charge is 2.35. The summed E-state index contributed by atoms with van der Waals surface area (Å²) < 4.78 is 39.2. The Labute approximate surface area is 189 Å². The van der Waals surface area contributed by atoms with Crippen molar-refractivity contribution in [1.29, 1.82) is 0 Å². The summed E-state index contributed by atoms with van der Waals surface area (Å²) in [5.74, 6) is -2.86. The SMILES string of the molecule is O=C(Nc1nccs1)C(NC(=O)C(Cl)c1ccccc1)C(=O)c1cccc(C(F)(F)F)c1. The van der Waals surface area contributed by atoms with Gasteiger partial charge in [0.05, 0.1) is 5.56 Å². The molecule has 3 rings (SSSR count). The lowest BCUT2D eigenvalue weighted by molar-refractivity contribution is -0.137. The number of alkyl halides is 4. The molecule has 2 aromatic carbocycles. The number of Topliss-reactive ketones (excluding diaryl/α,β-unsaturated/α-hetero) is 1. The summed E-state index contributed by atoms with van der Waals surface area (Å²) in [5.41, 5.74) is -1.05. The lowest BCUT2D eigenvalue weighted by Crippen LogP contribution is -2.50. The van der Waals surface area contributed by atoms with Crippen molar-refractivity contribution in [3.8, 4) is 0 Å². The van der Waals surface area contributed by atoms with E-state index in [-0.39, 0.29) is 5.13 Å². The van der Waals surface area contributed by atoms with Crippen molar-refractivity contribution in [2.75, 3.05) is 5.32 Å². The fourth-order valence-electron chi connectivity index (χ4n) is 2.72. The maximum absolute atomic E-state index is 13.1. The summed E-state index contributed by atoms with van der Waals surface area (Å²) in [7, 11) is 0. The van der Waals surface area contributed by atoms with Gasteiger partial charge in [0.1, 0.15) is 5.38 Å². The molecule has 0 saturated heterocycles. The van der Waals surface area contributed by atoms with Crippen LogP contribution in [-0.2, 0) is 15.8 Å². The Morgan fingerprint density at radius 3 is 2.34 bits per heavy atom. The molecule has 1 heterocycles. The van der Waals surface area contributed by atoms with E-state index in [0.29, 0.717) is 11.6 Å². The molecule has 6 nitrogen and oxygen atoms in total. The van der Waals surface area contributed by atoms with Gasteiger partial charge in [0.15, 0.2) is 17.0 Å². The zero-order valence-electron chi connectivity index (χ0n) is 16.1. The van der Waals surface area contributed by atoms with Crippen LogP contribution in [0, 0.1) is 0 Å². The van der Waals surface area contributed by atoms with E-state index in [1.54, 1.807) is 35.7 Å². The van der Waals surface area contributed by atoms with E-state index in [1.165, 1.54) is 6.20 Å². The van der Waals surface area contributed by atoms with Crippen LogP contribution in [0.5, 0.6) is 0 Å². The molecule has 1 aromatic heterocycles. The van der Waals surface area contributed by atoms with Gasteiger partial charge in [0.2, 0.25) is 5.91 Å². The highest BCUT2D eigenvalue weighted by Crippen LogP contribution is 2.30. The highest BCUT2D eigenvalue weighted by atomic mass is 35.5. The molecule has 0 aliphatic rings. The Bertz CT molecular complexity index is 1110. The Hall–Kier alpha value is -3.24. The van der Waals surface area contributed by atoms with Crippen LogP contribution in [0.2, 0.25) is 0 Å². The summed E-state index contributed by atoms with van der Waals surface area (Å²) in [4.78, 5) is 42.3. The molecule has 2 atom stereocenters. The first kappa shape index (κ1) is 23.4. The van der Waals surface area contributed by atoms with Crippen molar-refractivity contribution < 1.29 is 27.6 Å². The van der Waals surface area contributed by atoms with Crippen LogP contribution in [0.15, 0.2) is 66.2 Å². The van der Waals surface area contributed by atoms with Gasteiger partial charge >= 0.3 is 6.18 Å². The van der Waals surface area contributed by atoms with Gasteiger partial charge in [-0.05, 0) is 17.7 Å². The van der Waals surface area contributed by atoms with E-state index in [2.05, 4.69) is 15.6 Å². The molecule has 32 heavy (non-hydrogen) atoms. The van der Waals surface area contributed by atoms with Crippen LogP contribution in [0.1, 0.15) is 26.9 Å². The van der Waals surface area contributed by atoms with Gasteiger partial charge in [-0.1, -0.05) is 42.5 Å². The Morgan fingerprint density at radius 1 is 1.00 bits per heavy atom. The number of hydrogen-bond acceptors (Lipinski definition) is 5. The Morgan fingerprint density at radius 2 is 1.72 bits per heavy atom. The second kappa shape index (κ2) is 9.92. The number of nitrogens with zero attached hydrogens (tertiary/aromatic N) is 1. The maximum atomic E-state index is 13.1. The second-order valence-corrected chi connectivity index (χ2v) is 7.82. The molecule has 2 amide bonds. The fourth-order valence-corrected chi connectivity index (χ4v) is 3.46. The van der Waals surface area contributed by atoms with Crippen LogP contribution in [0.3, 0.4) is 0 Å². The molecule has 2 unspecified atom stereocenters. The predicted octanol–water partition coefficient (Wildman–Crippen LogP) is 4.45. The molecule has 166 valence electrons. The van der Waals surface area contributed by atoms with Gasteiger partial charge in [-0.25, -0.2) is 4.98 Å². The van der Waals surface area contributed by atoms with E-state index in [9.17, 15) is 27.6 Å². The number of carbonyl (C=O) groups excluding carboxylic acids is 3. The molecule has 0 fully saturated rings. The summed E-state index contributed by atoms with van der Waals surface area (Å²) in [6.45, 7) is 0. The minimum atomic E-state index is -4.69. The third kappa shape index (κ3) is 5.71. The van der Waals surface area contributed by atoms with E-state index in [4.69, 9.17) is 11.6 Å². The topological polar surface area (TPSA) is 88.2 Å². The number of nitrogens with one attached hydrogen (secondary N) is 2. The lowest BCUT2D eigenvalue weighted by Gasteiger charge is -2.19. The van der Waals surface area contributed by atoms with Crippen LogP contribution >= 0.6 is 22.9 Å². The van der Waals surface area contributed by atoms with Crippen molar-refractivity contribution in [2.24, 2.45) is 0 Å². The van der Waals surface area contributed by atoms with E-state index in [0.717, 1.165) is 29.5 Å². The number of ketones is 1. The smallest absolute Gasteiger partial charge is 0.336 e. The number of thiazole rings is 1. The second-order valence-electron chi connectivity index (χ2n) is 6.48. The first-order valence-electron chi connectivity index (χ1n) is 9.08. The number of rotatable bonds is 7. The molecule has 0 radical (unpaired) electrons. The quantitative estimate of drug-likeness (QED) is 0.296. The average molecular weight is 482 g/mol. The molecule has 11 heteroatoms. The summed E-state index contributed by atoms with van der Waals surface area (Å²) in [6, 6.07) is 9.93. The minimum absolute atomic E-state index is 0.150. The van der Waals surface area contributed by atoms with Gasteiger partial charge < -0.3 is 5.32 Å². The third-order valence-corrected chi connectivity index (χ3v) is 5.41. The van der Waals surface area contributed by atoms with Crippen molar-refractivity contribution in [1.82, 2.24) is 10.3 Å². The predicted molar refractivity (Wildman–Crippen MR) is 113 cm³/mol. The number of amides is 2. The average Bonchev–Trinajstić information content (AvgIpc) is 3.29. The molecular weight excluding hydrogens is 467 g/mol. The van der Waals surface area contributed by atoms with Gasteiger partial charge in [0, 0.05) is 17.1 Å². The number of benzene rings is 2. The molecule has 0 aliphatic carbocycles. The van der Waals surface area contributed by atoms with E-state index >= 15 is 0 Å². The molecule has 0 aliphatic heterocycles. The van der Waals surface area contributed by atoms with Crippen molar-refractivity contribution >= 4 is 45.7 Å². The van der Waals surface area contributed by atoms with Crippen LogP contribution in [0.4, 0.5) is 18.3 Å². The number of halogens is 4. The molecular formula is C21H15ClF3N3O3S. The van der Waals surface area contributed by atoms with Crippen molar-refractivity contribution in [3.63, 3.8) is 0 Å². The molecule has 2 N–H and O–H groups in total. The van der Waals surface area contributed by atoms with Crippen molar-refractivity contribution in [3.05, 3.63) is 82.9 Å². The normalized spacial score (nSPS) is 13.1. The number of hydrogen-bond donors (Lipinski definition) is 2. The van der Waals surface area contributed by atoms with Crippen LogP contribution in [0.25, 0.3) is 0 Å². The third-order valence-electron chi connectivity index (χ3n) is 4.27. The number of anilines is 1. The lowest BCUT2D eigenvalue weighted by atomic mass is 10.0. The summed E-state index contributed by atoms with van der Waals surface area (Å²) >= 11 is 7.23. The van der Waals surface area contributed by atoms with Gasteiger partial charge in [0.25, 0.3) is 5.91 Å². The van der Waals surface area contributed by atoms with Crippen LogP contribution in [-0.4, -0.2) is 28.6 Å². The summed E-state index contributed by atoms with van der Waals surface area (Å²) in [6.07, 6.45) is -3.28. The Balaban J connectivity index is 1.89. The largest absolute Gasteiger partial charge is 0.416 e. The monoisotopic (exact) mass is 481 g/mol. The van der Waals surface area contributed by atoms with Crippen LogP contribution < -0.4 is 10.6 Å². The van der Waals surface area contributed by atoms with E-state index < -0.39 is 46.3 Å². The molecule has 0 saturated carbocycles. The van der Waals surface area contributed by atoms with Crippen molar-refractivity contribution in [2.45, 2.75) is 17.6 Å². The number of carbonyl (C=O) groups is 3. The molecule has 0 spiro atoms. The zero-order valence-corrected chi connectivity index (χ0v) is 17.7. The van der Waals surface area contributed by atoms with E-state index in [1.807, 2.05) is 0 Å². The molecule has 3 aromatic rings. The van der Waals surface area contributed by atoms with Gasteiger partial charge in [-0.3, -0.25) is 19.7 Å². The Kier molecular flexibility index (Phi) is 7.26. The maximum Gasteiger partial charge on any atom is 0.416 e. The minimum Gasteiger partial charge on any atom is -0.336 e. The molecule has 0 bridgehead atoms. The standard InChI is InChI=1S/C21H15ClF3N3O3S/c22-15(12-5-2-1-3-6-12)18(30)27-16(19(31)28-20-26-9-10-32-20)17(29)13-7-4-8-14(11-13)21(23,24)25/h1-11,15-16H,(H,27,30)(H,26,28,31). The highest BCUT2D eigenvalue weighted by molar-refractivity contribution is 7.13. The number of aromatic nitrogens is 1. The van der Waals surface area contributed by atoms with Gasteiger partial charge in [-0.2, -0.15) is 13.2 Å². The first-order valence-corrected chi connectivity index (χ1v) is 10.4. The fraction of sp³-hybridized carbons (Fsp3) is 0.143. The zero-order chi connectivity index (χ0) is 23.3. The summed E-state index contributed by atoms with van der Waals surface area (Å²) in [5, 5.41) is 5.10. The first-order chi connectivity index (χ1) is 15.2.